The Kier molecular flexibility index (Phi) is 1.52. The van der Waals surface area contributed by atoms with Gasteiger partial charge in [-0.1, -0.05) is 6.42 Å². The molecule has 2 radical (unpaired) electrons. The van der Waals surface area contributed by atoms with E-state index in [0.29, 0.717) is 0 Å². The average molecular weight is 135 g/mol. The molecular weight excluding hydrogens is 121 g/mol. The molecule has 54 valence electrons. The molecule has 0 aromatic carbocycles. The fraction of sp³-hybridized carbons (Fsp3) is 1.00. The van der Waals surface area contributed by atoms with Crippen LogP contribution in [0.1, 0.15) is 32.1 Å². The highest BCUT2D eigenvalue weighted by Gasteiger charge is 2.38. The van der Waals surface area contributed by atoms with Crippen LogP contribution in [0.2, 0.25) is 0 Å². The molecule has 0 N–H and O–H groups in total. The largest absolute Gasteiger partial charge is 0.353 e. The van der Waals surface area contributed by atoms with Crippen LogP contribution >= 0.6 is 0 Å². The SMILES string of the molecule is [B]N1CCC2(CCC2)CC1. The van der Waals surface area contributed by atoms with Gasteiger partial charge in [0.05, 0.1) is 0 Å². The third-order valence-corrected chi connectivity index (χ3v) is 3.27. The van der Waals surface area contributed by atoms with E-state index >= 15 is 0 Å². The van der Waals surface area contributed by atoms with Crippen molar-refractivity contribution in [3.8, 4) is 0 Å². The van der Waals surface area contributed by atoms with Crippen LogP contribution < -0.4 is 0 Å². The van der Waals surface area contributed by atoms with Crippen LogP contribution in [0.25, 0.3) is 0 Å². The van der Waals surface area contributed by atoms with Crippen molar-refractivity contribution in [2.75, 3.05) is 13.1 Å². The highest BCUT2D eigenvalue weighted by molar-refractivity contribution is 6.04. The molecule has 1 nitrogen and oxygen atoms in total. The average Bonchev–Trinajstić information content (AvgIpc) is 1.86. The number of hydrogen-bond donors (Lipinski definition) is 0. The highest BCUT2D eigenvalue weighted by atomic mass is 15.0. The molecule has 0 aromatic heterocycles. The molecule has 2 aliphatic rings. The molecule has 1 spiro atoms. The topological polar surface area (TPSA) is 3.24 Å². The van der Waals surface area contributed by atoms with E-state index < -0.39 is 0 Å². The van der Waals surface area contributed by atoms with Gasteiger partial charge in [0.15, 0.2) is 7.98 Å². The van der Waals surface area contributed by atoms with Gasteiger partial charge in [-0.15, -0.1) is 0 Å². The van der Waals surface area contributed by atoms with Crippen LogP contribution in [-0.2, 0) is 0 Å². The number of rotatable bonds is 0. The summed E-state index contributed by atoms with van der Waals surface area (Å²) in [4.78, 5) is 1.96. The summed E-state index contributed by atoms with van der Waals surface area (Å²) in [7, 11) is 5.67. The number of nitrogens with zero attached hydrogens (tertiary/aromatic N) is 1. The second kappa shape index (κ2) is 2.26. The van der Waals surface area contributed by atoms with E-state index in [0.717, 1.165) is 18.5 Å². The van der Waals surface area contributed by atoms with Crippen LogP contribution in [0, 0.1) is 5.41 Å². The third-order valence-electron chi connectivity index (χ3n) is 3.27. The van der Waals surface area contributed by atoms with E-state index in [1.165, 1.54) is 32.1 Å². The second-order valence-electron chi connectivity index (χ2n) is 3.89. The standard InChI is InChI=1S/C8H14BN/c9-10-6-4-8(5-7-10)2-1-3-8/h1-7H2. The van der Waals surface area contributed by atoms with Crippen LogP contribution in [0.15, 0.2) is 0 Å². The Labute approximate surface area is 64.2 Å². The Bertz CT molecular complexity index is 121. The summed E-state index contributed by atoms with van der Waals surface area (Å²) in [6, 6.07) is 0. The van der Waals surface area contributed by atoms with Gasteiger partial charge in [-0.3, -0.25) is 0 Å². The van der Waals surface area contributed by atoms with Crippen LogP contribution in [0.4, 0.5) is 0 Å². The predicted octanol–water partition coefficient (Wildman–Crippen LogP) is 1.34. The zero-order valence-corrected chi connectivity index (χ0v) is 6.47. The van der Waals surface area contributed by atoms with Gasteiger partial charge in [-0.25, -0.2) is 0 Å². The van der Waals surface area contributed by atoms with Crippen molar-refractivity contribution in [1.82, 2.24) is 4.81 Å². The summed E-state index contributed by atoms with van der Waals surface area (Å²) >= 11 is 0. The number of hydrogen-bond acceptors (Lipinski definition) is 1. The lowest BCUT2D eigenvalue weighted by molar-refractivity contribution is 0.0614. The van der Waals surface area contributed by atoms with Crippen molar-refractivity contribution >= 4 is 7.98 Å². The summed E-state index contributed by atoms with van der Waals surface area (Å²) in [5.74, 6) is 0. The lowest BCUT2D eigenvalue weighted by Gasteiger charge is -2.47. The van der Waals surface area contributed by atoms with Gasteiger partial charge < -0.3 is 4.81 Å². The van der Waals surface area contributed by atoms with Gasteiger partial charge in [0.1, 0.15) is 0 Å². The van der Waals surface area contributed by atoms with E-state index in [1.54, 1.807) is 0 Å². The number of piperidine rings is 1. The summed E-state index contributed by atoms with van der Waals surface area (Å²) in [6.07, 6.45) is 7.11. The van der Waals surface area contributed by atoms with Gasteiger partial charge in [-0.05, 0) is 44.2 Å². The molecule has 1 saturated heterocycles. The van der Waals surface area contributed by atoms with E-state index in [-0.39, 0.29) is 0 Å². The maximum atomic E-state index is 5.67. The minimum atomic E-state index is 0.760. The molecular formula is C8H14BN. The minimum Gasteiger partial charge on any atom is -0.353 e. The first kappa shape index (κ1) is 6.72. The van der Waals surface area contributed by atoms with E-state index in [1.807, 2.05) is 4.81 Å². The van der Waals surface area contributed by atoms with E-state index in [2.05, 4.69) is 0 Å². The lowest BCUT2D eigenvalue weighted by Crippen LogP contribution is -2.42. The highest BCUT2D eigenvalue weighted by Crippen LogP contribution is 2.48. The van der Waals surface area contributed by atoms with Crippen molar-refractivity contribution in [2.45, 2.75) is 32.1 Å². The van der Waals surface area contributed by atoms with Crippen molar-refractivity contribution < 1.29 is 0 Å². The molecule has 0 atom stereocenters. The molecule has 0 amide bonds. The van der Waals surface area contributed by atoms with Gasteiger partial charge in [-0.2, -0.15) is 0 Å². The fourth-order valence-electron chi connectivity index (χ4n) is 2.18. The van der Waals surface area contributed by atoms with E-state index in [4.69, 9.17) is 7.98 Å². The second-order valence-corrected chi connectivity index (χ2v) is 3.89. The Hall–Kier alpha value is 0.0249. The van der Waals surface area contributed by atoms with Gasteiger partial charge in [0, 0.05) is 0 Å². The van der Waals surface area contributed by atoms with Crippen molar-refractivity contribution in [3.63, 3.8) is 0 Å². The third kappa shape index (κ3) is 0.988. The molecule has 1 aliphatic carbocycles. The first-order chi connectivity index (χ1) is 4.81. The molecule has 1 saturated carbocycles. The van der Waals surface area contributed by atoms with Gasteiger partial charge in [0.2, 0.25) is 0 Å². The summed E-state index contributed by atoms with van der Waals surface area (Å²) in [5, 5.41) is 0. The summed E-state index contributed by atoms with van der Waals surface area (Å²) < 4.78 is 0. The molecule has 1 heterocycles. The quantitative estimate of drug-likeness (QED) is 0.453. The lowest BCUT2D eigenvalue weighted by atomic mass is 9.63. The Morgan fingerprint density at radius 1 is 1.00 bits per heavy atom. The molecule has 2 fully saturated rings. The van der Waals surface area contributed by atoms with Crippen molar-refractivity contribution in [1.29, 1.82) is 0 Å². The van der Waals surface area contributed by atoms with Gasteiger partial charge in [0.25, 0.3) is 0 Å². The zero-order valence-electron chi connectivity index (χ0n) is 6.47. The molecule has 1 aliphatic heterocycles. The summed E-state index contributed by atoms with van der Waals surface area (Å²) in [6.45, 7) is 2.25. The maximum Gasteiger partial charge on any atom is 0.182 e. The molecule has 10 heavy (non-hydrogen) atoms. The zero-order chi connectivity index (χ0) is 7.03. The van der Waals surface area contributed by atoms with Gasteiger partial charge >= 0.3 is 0 Å². The monoisotopic (exact) mass is 135 g/mol. The van der Waals surface area contributed by atoms with E-state index in [9.17, 15) is 0 Å². The van der Waals surface area contributed by atoms with Crippen molar-refractivity contribution in [3.05, 3.63) is 0 Å². The smallest absolute Gasteiger partial charge is 0.182 e. The van der Waals surface area contributed by atoms with Crippen molar-refractivity contribution in [2.24, 2.45) is 5.41 Å². The molecule has 0 unspecified atom stereocenters. The van der Waals surface area contributed by atoms with Crippen LogP contribution in [-0.4, -0.2) is 25.9 Å². The predicted molar refractivity (Wildman–Crippen MR) is 42.8 cm³/mol. The fourth-order valence-corrected chi connectivity index (χ4v) is 2.18. The Balaban J connectivity index is 1.90. The van der Waals surface area contributed by atoms with Crippen LogP contribution in [0.3, 0.4) is 0 Å². The summed E-state index contributed by atoms with van der Waals surface area (Å²) in [5.41, 5.74) is 0.760. The molecule has 2 heteroatoms. The maximum absolute atomic E-state index is 5.67. The van der Waals surface area contributed by atoms with Crippen LogP contribution in [0.5, 0.6) is 0 Å². The first-order valence-corrected chi connectivity index (χ1v) is 4.30. The molecule has 0 bridgehead atoms. The normalized spacial score (nSPS) is 32.0. The first-order valence-electron chi connectivity index (χ1n) is 4.30. The molecule has 0 aromatic rings. The molecule has 2 rings (SSSR count). The Morgan fingerprint density at radius 2 is 1.60 bits per heavy atom. The Morgan fingerprint density at radius 3 is 2.00 bits per heavy atom. The minimum absolute atomic E-state index is 0.760.